The Kier molecular flexibility index (Phi) is 2.14. The van der Waals surface area contributed by atoms with Gasteiger partial charge in [0.2, 0.25) is 0 Å². The molecule has 1 saturated heterocycles. The fraction of sp³-hybridized carbons (Fsp3) is 0.667. The normalized spacial score (nSPS) is 19.9. The first kappa shape index (κ1) is 9.12. The fourth-order valence-electron chi connectivity index (χ4n) is 1.38. The van der Waals surface area contributed by atoms with Crippen LogP contribution in [0.15, 0.2) is 0 Å². The molecule has 0 unspecified atom stereocenters. The second-order valence-electron chi connectivity index (χ2n) is 3.64. The van der Waals surface area contributed by atoms with Crippen LogP contribution in [0.3, 0.4) is 0 Å². The maximum absolute atomic E-state index is 5.75. The smallest absolute Gasteiger partial charge is 0.105 e. The Morgan fingerprint density at radius 2 is 2.23 bits per heavy atom. The molecule has 1 fully saturated rings. The maximum Gasteiger partial charge on any atom is 0.105 e. The summed E-state index contributed by atoms with van der Waals surface area (Å²) in [4.78, 5) is 5.82. The molecular weight excluding hydrogens is 184 g/mol. The molecule has 2 N–H and O–H groups in total. The highest BCUT2D eigenvalue weighted by Gasteiger charge is 2.41. The first-order valence-electron chi connectivity index (χ1n) is 4.40. The van der Waals surface area contributed by atoms with Gasteiger partial charge in [0.25, 0.3) is 0 Å². The van der Waals surface area contributed by atoms with E-state index >= 15 is 0 Å². The summed E-state index contributed by atoms with van der Waals surface area (Å²) in [6.07, 6.45) is 0. The summed E-state index contributed by atoms with van der Waals surface area (Å²) in [7, 11) is 0. The van der Waals surface area contributed by atoms with Crippen LogP contribution in [-0.2, 0) is 10.2 Å². The molecule has 0 saturated carbocycles. The number of nitrogens with zero attached hydrogens (tertiary/aromatic N) is 1. The lowest BCUT2D eigenvalue weighted by Gasteiger charge is -2.38. The van der Waals surface area contributed by atoms with Gasteiger partial charge in [-0.05, 0) is 13.8 Å². The van der Waals surface area contributed by atoms with Gasteiger partial charge in [-0.2, -0.15) is 0 Å². The van der Waals surface area contributed by atoms with Crippen molar-refractivity contribution in [3.05, 3.63) is 15.6 Å². The Morgan fingerprint density at radius 1 is 1.54 bits per heavy atom. The molecule has 72 valence electrons. The summed E-state index contributed by atoms with van der Waals surface area (Å²) < 4.78 is 5.22. The highest BCUT2D eigenvalue weighted by molar-refractivity contribution is 7.11. The number of rotatable bonds is 2. The van der Waals surface area contributed by atoms with Crippen LogP contribution in [0.1, 0.15) is 15.6 Å². The van der Waals surface area contributed by atoms with Crippen molar-refractivity contribution in [1.29, 1.82) is 0 Å². The second-order valence-corrected chi connectivity index (χ2v) is 4.84. The van der Waals surface area contributed by atoms with Gasteiger partial charge < -0.3 is 10.5 Å². The Labute approximate surface area is 81.9 Å². The van der Waals surface area contributed by atoms with Gasteiger partial charge in [-0.1, -0.05) is 0 Å². The zero-order chi connectivity index (χ0) is 9.47. The van der Waals surface area contributed by atoms with Crippen molar-refractivity contribution in [2.75, 3.05) is 19.8 Å². The summed E-state index contributed by atoms with van der Waals surface area (Å²) in [5, 5.41) is 1.15. The van der Waals surface area contributed by atoms with E-state index in [2.05, 4.69) is 11.9 Å². The fourth-order valence-corrected chi connectivity index (χ4v) is 2.46. The monoisotopic (exact) mass is 198 g/mol. The zero-order valence-electron chi connectivity index (χ0n) is 7.96. The molecular formula is C9H14N2OS. The number of aromatic nitrogens is 1. The highest BCUT2D eigenvalue weighted by atomic mass is 32.1. The number of ether oxygens (including phenoxy) is 1. The van der Waals surface area contributed by atoms with Crippen LogP contribution in [0, 0.1) is 13.8 Å². The summed E-state index contributed by atoms with van der Waals surface area (Å²) >= 11 is 1.75. The predicted molar refractivity (Wildman–Crippen MR) is 53.1 cm³/mol. The quantitative estimate of drug-likeness (QED) is 0.771. The maximum atomic E-state index is 5.75. The van der Waals surface area contributed by atoms with Crippen LogP contribution < -0.4 is 5.73 Å². The van der Waals surface area contributed by atoms with Gasteiger partial charge in [-0.25, -0.2) is 4.98 Å². The minimum Gasteiger partial charge on any atom is -0.379 e. The number of nitrogens with two attached hydrogens (primary N) is 1. The Balaban J connectivity index is 2.33. The zero-order valence-corrected chi connectivity index (χ0v) is 8.78. The van der Waals surface area contributed by atoms with E-state index in [1.807, 2.05) is 6.92 Å². The van der Waals surface area contributed by atoms with E-state index in [4.69, 9.17) is 10.5 Å². The van der Waals surface area contributed by atoms with Crippen molar-refractivity contribution in [3.63, 3.8) is 0 Å². The lowest BCUT2D eigenvalue weighted by Crippen LogP contribution is -2.52. The van der Waals surface area contributed by atoms with E-state index in [1.165, 1.54) is 4.88 Å². The lowest BCUT2D eigenvalue weighted by molar-refractivity contribution is -0.0551. The van der Waals surface area contributed by atoms with Gasteiger partial charge in [0.1, 0.15) is 5.01 Å². The minimum atomic E-state index is 0.0314. The van der Waals surface area contributed by atoms with E-state index in [-0.39, 0.29) is 5.41 Å². The van der Waals surface area contributed by atoms with Crippen molar-refractivity contribution in [3.8, 4) is 0 Å². The van der Waals surface area contributed by atoms with E-state index < -0.39 is 0 Å². The number of thiazole rings is 1. The van der Waals surface area contributed by atoms with Crippen LogP contribution in [-0.4, -0.2) is 24.7 Å². The molecule has 1 aliphatic rings. The average molecular weight is 198 g/mol. The predicted octanol–water partition coefficient (Wildman–Crippen LogP) is 0.987. The SMILES string of the molecule is Cc1nc(C2(CN)COC2)sc1C. The second kappa shape index (κ2) is 3.04. The van der Waals surface area contributed by atoms with Crippen LogP contribution in [0.4, 0.5) is 0 Å². The van der Waals surface area contributed by atoms with Crippen molar-refractivity contribution in [1.82, 2.24) is 4.98 Å². The van der Waals surface area contributed by atoms with Gasteiger partial charge in [-0.15, -0.1) is 11.3 Å². The van der Waals surface area contributed by atoms with Crippen LogP contribution in [0.5, 0.6) is 0 Å². The first-order valence-corrected chi connectivity index (χ1v) is 5.22. The summed E-state index contributed by atoms with van der Waals surface area (Å²) in [5.41, 5.74) is 6.90. The number of hydrogen-bond donors (Lipinski definition) is 1. The first-order chi connectivity index (χ1) is 6.18. The standard InChI is InChI=1S/C9H14N2OS/c1-6-7(2)13-8(11-6)9(3-10)4-12-5-9/h3-5,10H2,1-2H3. The molecule has 13 heavy (non-hydrogen) atoms. The van der Waals surface area contributed by atoms with Crippen LogP contribution in [0.2, 0.25) is 0 Å². The van der Waals surface area contributed by atoms with Gasteiger partial charge in [0.05, 0.1) is 24.3 Å². The van der Waals surface area contributed by atoms with Gasteiger partial charge in [-0.3, -0.25) is 0 Å². The third-order valence-corrected chi connectivity index (χ3v) is 3.95. The molecule has 0 radical (unpaired) electrons. The molecule has 3 nitrogen and oxygen atoms in total. The largest absolute Gasteiger partial charge is 0.379 e. The van der Waals surface area contributed by atoms with Gasteiger partial charge >= 0.3 is 0 Å². The minimum absolute atomic E-state index is 0.0314. The molecule has 0 aliphatic carbocycles. The van der Waals surface area contributed by atoms with Crippen molar-refractivity contribution in [2.45, 2.75) is 19.3 Å². The topological polar surface area (TPSA) is 48.1 Å². The molecule has 1 aromatic rings. The van der Waals surface area contributed by atoms with Crippen LogP contribution >= 0.6 is 11.3 Å². The molecule has 0 amide bonds. The molecule has 2 heterocycles. The molecule has 2 rings (SSSR count). The summed E-state index contributed by atoms with van der Waals surface area (Å²) in [5.74, 6) is 0. The van der Waals surface area contributed by atoms with E-state index in [0.717, 1.165) is 23.9 Å². The summed E-state index contributed by atoms with van der Waals surface area (Å²) in [6, 6.07) is 0. The van der Waals surface area contributed by atoms with Gasteiger partial charge in [0, 0.05) is 11.4 Å². The van der Waals surface area contributed by atoms with E-state index in [0.29, 0.717) is 6.54 Å². The molecule has 0 atom stereocenters. The average Bonchev–Trinajstić information content (AvgIpc) is 2.31. The number of hydrogen-bond acceptors (Lipinski definition) is 4. The van der Waals surface area contributed by atoms with Crippen LogP contribution in [0.25, 0.3) is 0 Å². The molecule has 1 aromatic heterocycles. The molecule has 0 aromatic carbocycles. The third-order valence-electron chi connectivity index (χ3n) is 2.63. The third kappa shape index (κ3) is 1.29. The molecule has 1 aliphatic heterocycles. The Morgan fingerprint density at radius 3 is 2.54 bits per heavy atom. The molecule has 4 heteroatoms. The summed E-state index contributed by atoms with van der Waals surface area (Å²) in [6.45, 7) is 6.24. The number of aryl methyl sites for hydroxylation is 2. The van der Waals surface area contributed by atoms with Gasteiger partial charge in [0.15, 0.2) is 0 Å². The Hall–Kier alpha value is -0.450. The molecule has 0 spiro atoms. The highest BCUT2D eigenvalue weighted by Crippen LogP contribution is 2.34. The Bertz CT molecular complexity index is 292. The molecule has 0 bridgehead atoms. The lowest BCUT2D eigenvalue weighted by atomic mass is 9.87. The van der Waals surface area contributed by atoms with E-state index in [9.17, 15) is 0 Å². The van der Waals surface area contributed by atoms with Crippen molar-refractivity contribution in [2.24, 2.45) is 5.73 Å². The van der Waals surface area contributed by atoms with Crippen molar-refractivity contribution >= 4 is 11.3 Å². The van der Waals surface area contributed by atoms with E-state index in [1.54, 1.807) is 11.3 Å². The van der Waals surface area contributed by atoms with Crippen molar-refractivity contribution < 1.29 is 4.74 Å².